The quantitative estimate of drug-likeness (QED) is 0.611. The fourth-order valence-corrected chi connectivity index (χ4v) is 4.10. The van der Waals surface area contributed by atoms with Crippen molar-refractivity contribution in [3.63, 3.8) is 0 Å². The van der Waals surface area contributed by atoms with Crippen molar-refractivity contribution in [2.24, 2.45) is 5.92 Å². The van der Waals surface area contributed by atoms with Crippen LogP contribution in [0.25, 0.3) is 0 Å². The van der Waals surface area contributed by atoms with Gasteiger partial charge in [0, 0.05) is 30.9 Å². The Morgan fingerprint density at radius 2 is 1.68 bits per heavy atom. The van der Waals surface area contributed by atoms with Crippen molar-refractivity contribution in [3.05, 3.63) is 65.7 Å². The highest BCUT2D eigenvalue weighted by atomic mass is 16.2. The summed E-state index contributed by atoms with van der Waals surface area (Å²) < 4.78 is 0. The number of hydrogen-bond acceptors (Lipinski definition) is 2. The number of anilines is 1. The molecular weight excluding hydrogens is 388 g/mol. The Morgan fingerprint density at radius 3 is 2.39 bits per heavy atom. The van der Waals surface area contributed by atoms with Crippen LogP contribution in [0.1, 0.15) is 37.8 Å². The second kappa shape index (κ2) is 11.5. The fourth-order valence-electron chi connectivity index (χ4n) is 4.10. The number of likely N-dealkylation sites (tertiary alicyclic amines) is 1. The number of rotatable bonds is 8. The van der Waals surface area contributed by atoms with Crippen molar-refractivity contribution in [2.45, 2.75) is 39.8 Å². The third-order valence-electron chi connectivity index (χ3n) is 6.12. The number of amides is 3. The van der Waals surface area contributed by atoms with Gasteiger partial charge in [-0.05, 0) is 44.4 Å². The Bertz CT molecular complexity index is 852. The first-order valence-corrected chi connectivity index (χ1v) is 11.4. The molecule has 1 heterocycles. The van der Waals surface area contributed by atoms with Crippen molar-refractivity contribution >= 4 is 17.6 Å². The first kappa shape index (κ1) is 22.8. The first-order valence-electron chi connectivity index (χ1n) is 11.4. The lowest BCUT2D eigenvalue weighted by atomic mass is 9.97. The number of carbonyl (C=O) groups excluding carboxylic acids is 2. The Kier molecular flexibility index (Phi) is 8.47. The summed E-state index contributed by atoms with van der Waals surface area (Å²) in [5.41, 5.74) is 3.23. The van der Waals surface area contributed by atoms with Crippen LogP contribution in [-0.4, -0.2) is 43.0 Å². The second-order valence-corrected chi connectivity index (χ2v) is 8.20. The lowest BCUT2D eigenvalue weighted by Gasteiger charge is -2.32. The van der Waals surface area contributed by atoms with Crippen molar-refractivity contribution in [1.29, 1.82) is 0 Å². The van der Waals surface area contributed by atoms with Gasteiger partial charge >= 0.3 is 6.03 Å². The molecule has 0 unspecified atom stereocenters. The van der Waals surface area contributed by atoms with Crippen LogP contribution in [0.5, 0.6) is 0 Å². The molecule has 0 aromatic heterocycles. The van der Waals surface area contributed by atoms with Crippen LogP contribution >= 0.6 is 0 Å². The Balaban J connectivity index is 1.54. The van der Waals surface area contributed by atoms with Gasteiger partial charge in [0.25, 0.3) is 0 Å². The molecule has 1 fully saturated rings. The number of hydrogen-bond donors (Lipinski definition) is 3. The lowest BCUT2D eigenvalue weighted by molar-refractivity contribution is -0.910. The molecule has 166 valence electrons. The van der Waals surface area contributed by atoms with Gasteiger partial charge in [-0.1, -0.05) is 42.5 Å². The van der Waals surface area contributed by atoms with E-state index in [0.29, 0.717) is 19.6 Å². The molecule has 0 bridgehead atoms. The molecule has 0 radical (unpaired) electrons. The largest absolute Gasteiger partial charge is 0.352 e. The van der Waals surface area contributed by atoms with Gasteiger partial charge in [-0.25, -0.2) is 4.79 Å². The van der Waals surface area contributed by atoms with Gasteiger partial charge in [0.15, 0.2) is 0 Å². The summed E-state index contributed by atoms with van der Waals surface area (Å²) in [6, 6.07) is 17.6. The molecular formula is C25H35N4O2+. The maximum absolute atomic E-state index is 12.9. The number of urea groups is 1. The van der Waals surface area contributed by atoms with E-state index in [1.807, 2.05) is 36.4 Å². The molecule has 3 amide bonds. The summed E-state index contributed by atoms with van der Waals surface area (Å²) in [5.74, 6) is -0.141. The Hall–Kier alpha value is -2.86. The minimum Gasteiger partial charge on any atom is -0.352 e. The first-order chi connectivity index (χ1) is 15.1. The highest BCUT2D eigenvalue weighted by Gasteiger charge is 2.28. The highest BCUT2D eigenvalue weighted by molar-refractivity contribution is 5.90. The molecule has 1 atom stereocenters. The van der Waals surface area contributed by atoms with Crippen molar-refractivity contribution in [3.8, 4) is 0 Å². The van der Waals surface area contributed by atoms with Crippen LogP contribution in [0.15, 0.2) is 54.6 Å². The van der Waals surface area contributed by atoms with E-state index in [1.54, 1.807) is 4.90 Å². The van der Waals surface area contributed by atoms with E-state index in [1.165, 1.54) is 16.0 Å². The lowest BCUT2D eigenvalue weighted by Crippen LogP contribution is -3.10. The van der Waals surface area contributed by atoms with Gasteiger partial charge in [0.1, 0.15) is 6.54 Å². The molecule has 1 aliphatic heterocycles. The number of quaternary nitrogens is 1. The minimum atomic E-state index is -0.171. The van der Waals surface area contributed by atoms with Crippen LogP contribution in [0.4, 0.5) is 10.5 Å². The van der Waals surface area contributed by atoms with E-state index in [0.717, 1.165) is 38.2 Å². The summed E-state index contributed by atoms with van der Waals surface area (Å²) in [7, 11) is 0. The van der Waals surface area contributed by atoms with Gasteiger partial charge in [-0.2, -0.15) is 0 Å². The summed E-state index contributed by atoms with van der Waals surface area (Å²) in [6.07, 6.45) is 1.65. The fraction of sp³-hybridized carbons (Fsp3) is 0.440. The zero-order valence-electron chi connectivity index (χ0n) is 18.7. The molecule has 0 spiro atoms. The number of para-hydroxylation sites is 1. The predicted molar refractivity (Wildman–Crippen MR) is 124 cm³/mol. The van der Waals surface area contributed by atoms with Crippen LogP contribution in [0.3, 0.4) is 0 Å². The van der Waals surface area contributed by atoms with E-state index < -0.39 is 0 Å². The van der Waals surface area contributed by atoms with E-state index in [-0.39, 0.29) is 17.9 Å². The Morgan fingerprint density at radius 1 is 1.00 bits per heavy atom. The molecule has 0 saturated carbocycles. The minimum absolute atomic E-state index is 0.0298. The highest BCUT2D eigenvalue weighted by Crippen LogP contribution is 2.18. The molecule has 1 aliphatic rings. The van der Waals surface area contributed by atoms with Crippen LogP contribution < -0.4 is 15.5 Å². The van der Waals surface area contributed by atoms with Gasteiger partial charge in [-0.15, -0.1) is 0 Å². The average Bonchev–Trinajstić information content (AvgIpc) is 2.82. The van der Waals surface area contributed by atoms with Crippen LogP contribution in [0.2, 0.25) is 0 Å². The van der Waals surface area contributed by atoms with Gasteiger partial charge in [-0.3, -0.25) is 4.79 Å². The normalized spacial score (nSPS) is 16.2. The molecule has 0 aliphatic carbocycles. The van der Waals surface area contributed by atoms with Gasteiger partial charge in [0.05, 0.1) is 19.0 Å². The maximum atomic E-state index is 12.9. The topological polar surface area (TPSA) is 65.9 Å². The zero-order chi connectivity index (χ0) is 22.1. The zero-order valence-corrected chi connectivity index (χ0v) is 18.7. The molecule has 31 heavy (non-hydrogen) atoms. The third-order valence-corrected chi connectivity index (χ3v) is 6.12. The summed E-state index contributed by atoms with van der Waals surface area (Å²) in [5, 5.41) is 6.04. The van der Waals surface area contributed by atoms with Crippen LogP contribution in [0, 0.1) is 5.92 Å². The SMILES string of the molecule is CC[NH+](CC)Cc1ccccc1CNC(=O)[C@@H]1CCCN(C(=O)Nc2ccccc2)C1. The van der Waals surface area contributed by atoms with Crippen molar-refractivity contribution < 1.29 is 14.5 Å². The molecule has 6 nitrogen and oxygen atoms in total. The van der Waals surface area contributed by atoms with Gasteiger partial charge < -0.3 is 20.4 Å². The van der Waals surface area contributed by atoms with Crippen molar-refractivity contribution in [1.82, 2.24) is 10.2 Å². The van der Waals surface area contributed by atoms with E-state index in [4.69, 9.17) is 0 Å². The molecule has 1 saturated heterocycles. The number of benzene rings is 2. The number of piperidine rings is 1. The second-order valence-electron chi connectivity index (χ2n) is 8.20. The average molecular weight is 424 g/mol. The smallest absolute Gasteiger partial charge is 0.321 e. The van der Waals surface area contributed by atoms with Gasteiger partial charge in [0.2, 0.25) is 5.91 Å². The van der Waals surface area contributed by atoms with E-state index in [9.17, 15) is 9.59 Å². The Labute approximate surface area is 185 Å². The summed E-state index contributed by atoms with van der Waals surface area (Å²) in [4.78, 5) is 28.7. The third kappa shape index (κ3) is 6.56. The van der Waals surface area contributed by atoms with Crippen molar-refractivity contribution in [2.75, 3.05) is 31.5 Å². The maximum Gasteiger partial charge on any atom is 0.321 e. The molecule has 2 aromatic rings. The number of carbonyl (C=O) groups is 2. The van der Waals surface area contributed by atoms with E-state index in [2.05, 4.69) is 42.7 Å². The monoisotopic (exact) mass is 423 g/mol. The molecule has 2 aromatic carbocycles. The predicted octanol–water partition coefficient (Wildman–Crippen LogP) is 2.67. The van der Waals surface area contributed by atoms with Crippen LogP contribution in [-0.2, 0) is 17.9 Å². The molecule has 3 rings (SSSR count). The summed E-state index contributed by atoms with van der Waals surface area (Å²) >= 11 is 0. The van der Waals surface area contributed by atoms with E-state index >= 15 is 0 Å². The molecule has 6 heteroatoms. The standard InChI is InChI=1S/C25H34N4O2/c1-3-28(4-2)18-21-12-9-8-11-20(21)17-26-24(30)22-13-10-16-29(19-22)25(31)27-23-14-6-5-7-15-23/h5-9,11-12,14-15,22H,3-4,10,13,16-19H2,1-2H3,(H,26,30)(H,27,31)/p+1/t22-/m1/s1. The molecule has 3 N–H and O–H groups in total. The summed E-state index contributed by atoms with van der Waals surface area (Å²) in [6.45, 7) is 9.20. The number of nitrogens with zero attached hydrogens (tertiary/aromatic N) is 1. The number of nitrogens with one attached hydrogen (secondary N) is 3.